The first-order chi connectivity index (χ1) is 9.10. The summed E-state index contributed by atoms with van der Waals surface area (Å²) < 4.78 is 3.18. The molecule has 1 N–H and O–H groups in total. The van der Waals surface area contributed by atoms with Crippen molar-refractivity contribution in [1.82, 2.24) is 19.6 Å². The van der Waals surface area contributed by atoms with Crippen LogP contribution < -0.4 is 5.32 Å². The van der Waals surface area contributed by atoms with E-state index in [-0.39, 0.29) is 12.3 Å². The number of anilines is 1. The Bertz CT molecular complexity index is 633. The smallest absolute Gasteiger partial charge is 0.227 e. The van der Waals surface area contributed by atoms with Gasteiger partial charge in [0.25, 0.3) is 0 Å². The van der Waals surface area contributed by atoms with Crippen LogP contribution in [0, 0.1) is 18.3 Å². The summed E-state index contributed by atoms with van der Waals surface area (Å²) in [4.78, 5) is 11.8. The van der Waals surface area contributed by atoms with Crippen LogP contribution in [0.3, 0.4) is 0 Å². The molecule has 0 bridgehead atoms. The molecule has 0 saturated carbocycles. The minimum Gasteiger partial charge on any atom is -0.310 e. The number of hydrogen-bond acceptors (Lipinski definition) is 4. The van der Waals surface area contributed by atoms with E-state index in [2.05, 4.69) is 15.5 Å². The minimum atomic E-state index is -0.173. The molecular weight excluding hydrogens is 244 g/mol. The fourth-order valence-corrected chi connectivity index (χ4v) is 1.67. The van der Waals surface area contributed by atoms with Crippen molar-refractivity contribution in [2.45, 2.75) is 19.9 Å². The summed E-state index contributed by atoms with van der Waals surface area (Å²) in [6.45, 7) is 2.39. The topological polar surface area (TPSA) is 88.5 Å². The van der Waals surface area contributed by atoms with E-state index in [1.807, 2.05) is 25.3 Å². The zero-order valence-corrected chi connectivity index (χ0v) is 10.8. The van der Waals surface area contributed by atoms with Crippen molar-refractivity contribution < 1.29 is 4.79 Å². The SMILES string of the molecule is Cc1ccn(CCC(=O)Nc2c(C#N)cnn2C)n1. The highest BCUT2D eigenvalue weighted by Crippen LogP contribution is 2.12. The third kappa shape index (κ3) is 2.98. The third-order valence-electron chi connectivity index (χ3n) is 2.66. The number of aryl methyl sites for hydroxylation is 3. The maximum Gasteiger partial charge on any atom is 0.227 e. The van der Waals surface area contributed by atoms with E-state index in [1.165, 1.54) is 10.9 Å². The Balaban J connectivity index is 1.94. The molecule has 1 amide bonds. The molecule has 0 atom stereocenters. The van der Waals surface area contributed by atoms with E-state index >= 15 is 0 Å². The quantitative estimate of drug-likeness (QED) is 0.879. The minimum absolute atomic E-state index is 0.173. The molecule has 0 aliphatic heterocycles. The largest absolute Gasteiger partial charge is 0.310 e. The van der Waals surface area contributed by atoms with Gasteiger partial charge in [0.1, 0.15) is 17.5 Å². The van der Waals surface area contributed by atoms with Crippen molar-refractivity contribution in [2.24, 2.45) is 7.05 Å². The normalized spacial score (nSPS) is 10.2. The van der Waals surface area contributed by atoms with E-state index in [1.54, 1.807) is 11.7 Å². The van der Waals surface area contributed by atoms with Crippen molar-refractivity contribution in [3.8, 4) is 6.07 Å². The second kappa shape index (κ2) is 5.35. The molecule has 7 heteroatoms. The average Bonchev–Trinajstić information content (AvgIpc) is 2.95. The highest BCUT2D eigenvalue weighted by atomic mass is 16.1. The van der Waals surface area contributed by atoms with Gasteiger partial charge in [0, 0.05) is 26.2 Å². The van der Waals surface area contributed by atoms with Gasteiger partial charge in [0.05, 0.1) is 11.9 Å². The van der Waals surface area contributed by atoms with Gasteiger partial charge >= 0.3 is 0 Å². The van der Waals surface area contributed by atoms with E-state index in [9.17, 15) is 4.79 Å². The van der Waals surface area contributed by atoms with Gasteiger partial charge in [-0.05, 0) is 13.0 Å². The lowest BCUT2D eigenvalue weighted by molar-refractivity contribution is -0.116. The molecule has 2 heterocycles. The summed E-state index contributed by atoms with van der Waals surface area (Å²) in [5.74, 6) is 0.248. The number of hydrogen-bond donors (Lipinski definition) is 1. The molecule has 7 nitrogen and oxygen atoms in total. The lowest BCUT2D eigenvalue weighted by atomic mass is 10.3. The van der Waals surface area contributed by atoms with Crippen molar-refractivity contribution in [1.29, 1.82) is 5.26 Å². The summed E-state index contributed by atoms with van der Waals surface area (Å²) in [7, 11) is 1.67. The molecule has 0 aliphatic carbocycles. The first kappa shape index (κ1) is 12.8. The van der Waals surface area contributed by atoms with Crippen LogP contribution in [-0.2, 0) is 18.4 Å². The molecule has 2 aromatic rings. The molecular formula is C12H14N6O. The van der Waals surface area contributed by atoms with Crippen LogP contribution in [0.25, 0.3) is 0 Å². The Morgan fingerprint density at radius 2 is 2.37 bits per heavy atom. The molecule has 2 rings (SSSR count). The molecule has 98 valence electrons. The van der Waals surface area contributed by atoms with Crippen LogP contribution in [0.1, 0.15) is 17.7 Å². The summed E-state index contributed by atoms with van der Waals surface area (Å²) in [5.41, 5.74) is 1.27. The third-order valence-corrected chi connectivity index (χ3v) is 2.66. The summed E-state index contributed by atoms with van der Waals surface area (Å²) >= 11 is 0. The second-order valence-electron chi connectivity index (χ2n) is 4.16. The zero-order valence-electron chi connectivity index (χ0n) is 10.8. The molecule has 19 heavy (non-hydrogen) atoms. The number of nitrogens with zero attached hydrogens (tertiary/aromatic N) is 5. The van der Waals surface area contributed by atoms with Gasteiger partial charge in [0.15, 0.2) is 0 Å². The zero-order chi connectivity index (χ0) is 13.8. The lowest BCUT2D eigenvalue weighted by Crippen LogP contribution is -2.17. The van der Waals surface area contributed by atoms with E-state index in [4.69, 9.17) is 5.26 Å². The highest BCUT2D eigenvalue weighted by molar-refractivity contribution is 5.90. The Labute approximate surface area is 110 Å². The van der Waals surface area contributed by atoms with Gasteiger partial charge in [0.2, 0.25) is 5.91 Å². The van der Waals surface area contributed by atoms with Crippen LogP contribution in [0.15, 0.2) is 18.5 Å². The maximum atomic E-state index is 11.8. The van der Waals surface area contributed by atoms with Crippen LogP contribution in [0.2, 0.25) is 0 Å². The number of carbonyl (C=O) groups is 1. The number of nitrogens with one attached hydrogen (secondary N) is 1. The highest BCUT2D eigenvalue weighted by Gasteiger charge is 2.11. The van der Waals surface area contributed by atoms with Gasteiger partial charge in [-0.2, -0.15) is 15.5 Å². The predicted octanol–water partition coefficient (Wildman–Crippen LogP) is 0.825. The maximum absolute atomic E-state index is 11.8. The first-order valence-electron chi connectivity index (χ1n) is 5.82. The predicted molar refractivity (Wildman–Crippen MR) is 68.1 cm³/mol. The lowest BCUT2D eigenvalue weighted by Gasteiger charge is -2.06. The summed E-state index contributed by atoms with van der Waals surface area (Å²) in [6, 6.07) is 3.87. The van der Waals surface area contributed by atoms with Crippen LogP contribution >= 0.6 is 0 Å². The van der Waals surface area contributed by atoms with Gasteiger partial charge in [-0.25, -0.2) is 0 Å². The Morgan fingerprint density at radius 1 is 1.58 bits per heavy atom. The van der Waals surface area contributed by atoms with Crippen molar-refractivity contribution >= 4 is 11.7 Å². The molecule has 0 spiro atoms. The van der Waals surface area contributed by atoms with Crippen molar-refractivity contribution in [3.63, 3.8) is 0 Å². The van der Waals surface area contributed by atoms with Gasteiger partial charge in [-0.15, -0.1) is 0 Å². The average molecular weight is 258 g/mol. The van der Waals surface area contributed by atoms with Crippen LogP contribution in [0.5, 0.6) is 0 Å². The molecule has 0 unspecified atom stereocenters. The fraction of sp³-hybridized carbons (Fsp3) is 0.333. The molecule has 2 aromatic heterocycles. The van der Waals surface area contributed by atoms with Crippen molar-refractivity contribution in [3.05, 3.63) is 29.7 Å². The Morgan fingerprint density at radius 3 is 3.00 bits per heavy atom. The monoisotopic (exact) mass is 258 g/mol. The molecule has 0 fully saturated rings. The molecule has 0 radical (unpaired) electrons. The number of rotatable bonds is 4. The summed E-state index contributed by atoms with van der Waals surface area (Å²) in [5, 5.41) is 19.7. The van der Waals surface area contributed by atoms with E-state index in [0.29, 0.717) is 17.9 Å². The van der Waals surface area contributed by atoms with Gasteiger partial charge in [-0.1, -0.05) is 0 Å². The van der Waals surface area contributed by atoms with Gasteiger partial charge in [-0.3, -0.25) is 14.2 Å². The van der Waals surface area contributed by atoms with E-state index < -0.39 is 0 Å². The summed E-state index contributed by atoms with van der Waals surface area (Å²) in [6.07, 6.45) is 3.54. The molecule has 0 aromatic carbocycles. The second-order valence-corrected chi connectivity index (χ2v) is 4.16. The first-order valence-corrected chi connectivity index (χ1v) is 5.82. The number of aromatic nitrogens is 4. The van der Waals surface area contributed by atoms with Crippen LogP contribution in [-0.4, -0.2) is 25.5 Å². The number of nitriles is 1. The Kier molecular flexibility index (Phi) is 3.61. The Hall–Kier alpha value is -2.62. The van der Waals surface area contributed by atoms with Crippen molar-refractivity contribution in [2.75, 3.05) is 5.32 Å². The fourth-order valence-electron chi connectivity index (χ4n) is 1.67. The molecule has 0 saturated heterocycles. The van der Waals surface area contributed by atoms with Gasteiger partial charge < -0.3 is 5.32 Å². The van der Waals surface area contributed by atoms with E-state index in [0.717, 1.165) is 5.69 Å². The standard InChI is InChI=1S/C12H14N6O/c1-9-3-5-18(16-9)6-4-11(19)15-12-10(7-13)8-14-17(12)2/h3,5,8H,4,6H2,1-2H3,(H,15,19). The van der Waals surface area contributed by atoms with Crippen LogP contribution in [0.4, 0.5) is 5.82 Å². The molecule has 0 aliphatic rings. The number of carbonyl (C=O) groups excluding carboxylic acids is 1. The number of amides is 1.